The molecule has 0 atom stereocenters. The Labute approximate surface area is 115 Å². The fourth-order valence-electron chi connectivity index (χ4n) is 1.75. The van der Waals surface area contributed by atoms with Gasteiger partial charge in [0.05, 0.1) is 11.6 Å². The maximum Gasteiger partial charge on any atom is 0.255 e. The molecule has 20 heavy (non-hydrogen) atoms. The summed E-state index contributed by atoms with van der Waals surface area (Å²) in [4.78, 5) is 12.1. The van der Waals surface area contributed by atoms with Crippen molar-refractivity contribution in [1.82, 2.24) is 0 Å². The van der Waals surface area contributed by atoms with Gasteiger partial charge in [0.25, 0.3) is 5.91 Å². The number of anilines is 2. The Morgan fingerprint density at radius 2 is 2.10 bits per heavy atom. The zero-order chi connectivity index (χ0) is 14.7. The highest BCUT2D eigenvalue weighted by atomic mass is 19.1. The monoisotopic (exact) mass is 269 g/mol. The minimum atomic E-state index is -0.535. The molecule has 5 heteroatoms. The average Bonchev–Trinajstić information content (AvgIpc) is 2.43. The molecule has 0 aromatic heterocycles. The van der Waals surface area contributed by atoms with E-state index in [1.165, 1.54) is 19.1 Å². The van der Waals surface area contributed by atoms with Gasteiger partial charge in [-0.15, -0.1) is 0 Å². The molecule has 0 heterocycles. The topological polar surface area (TPSA) is 78.9 Å². The number of nitrogens with zero attached hydrogens (tertiary/aromatic N) is 1. The number of halogens is 1. The Morgan fingerprint density at radius 3 is 2.75 bits per heavy atom. The van der Waals surface area contributed by atoms with Crippen molar-refractivity contribution in [1.29, 1.82) is 5.26 Å². The maximum absolute atomic E-state index is 13.6. The molecule has 0 aliphatic rings. The molecule has 2 aromatic rings. The third-order valence-corrected chi connectivity index (χ3v) is 2.87. The van der Waals surface area contributed by atoms with Crippen molar-refractivity contribution >= 4 is 17.3 Å². The summed E-state index contributed by atoms with van der Waals surface area (Å²) in [5.41, 5.74) is 7.14. The molecule has 0 saturated heterocycles. The molecule has 1 amide bonds. The first kappa shape index (κ1) is 13.6. The molecule has 0 saturated carbocycles. The van der Waals surface area contributed by atoms with Crippen molar-refractivity contribution in [3.05, 3.63) is 58.9 Å². The number of rotatable bonds is 2. The lowest BCUT2D eigenvalue weighted by molar-refractivity contribution is 0.102. The van der Waals surface area contributed by atoms with Crippen molar-refractivity contribution in [2.24, 2.45) is 0 Å². The maximum atomic E-state index is 13.6. The molecular weight excluding hydrogens is 257 g/mol. The normalized spacial score (nSPS) is 9.85. The highest BCUT2D eigenvalue weighted by molar-refractivity contribution is 6.05. The highest BCUT2D eigenvalue weighted by Gasteiger charge is 2.11. The van der Waals surface area contributed by atoms with Crippen LogP contribution in [0.5, 0.6) is 0 Å². The fraction of sp³-hybridized carbons (Fsp3) is 0.0667. The van der Waals surface area contributed by atoms with Crippen LogP contribution in [-0.2, 0) is 0 Å². The first-order valence-electron chi connectivity index (χ1n) is 5.88. The van der Waals surface area contributed by atoms with Crippen molar-refractivity contribution in [2.75, 3.05) is 11.1 Å². The van der Waals surface area contributed by atoms with Gasteiger partial charge in [-0.05, 0) is 37.3 Å². The van der Waals surface area contributed by atoms with Crippen LogP contribution in [0.2, 0.25) is 0 Å². The fourth-order valence-corrected chi connectivity index (χ4v) is 1.75. The number of nitrogens with two attached hydrogens (primary N) is 1. The summed E-state index contributed by atoms with van der Waals surface area (Å²) in [7, 11) is 0. The number of amides is 1. The van der Waals surface area contributed by atoms with Crippen molar-refractivity contribution in [2.45, 2.75) is 6.92 Å². The van der Waals surface area contributed by atoms with Crippen molar-refractivity contribution in [3.63, 3.8) is 0 Å². The van der Waals surface area contributed by atoms with Gasteiger partial charge < -0.3 is 11.1 Å². The largest absolute Gasteiger partial charge is 0.399 e. The number of nitriles is 1. The summed E-state index contributed by atoms with van der Waals surface area (Å²) in [5, 5.41) is 11.4. The number of hydrogen-bond donors (Lipinski definition) is 2. The zero-order valence-electron chi connectivity index (χ0n) is 10.8. The Morgan fingerprint density at radius 1 is 1.35 bits per heavy atom. The van der Waals surface area contributed by atoms with Gasteiger partial charge in [-0.25, -0.2) is 4.39 Å². The molecule has 4 nitrogen and oxygen atoms in total. The lowest BCUT2D eigenvalue weighted by Crippen LogP contribution is -2.13. The number of nitrogens with one attached hydrogen (secondary N) is 1. The SMILES string of the molecule is Cc1c(F)cc(C#N)cc1NC(=O)c1cccc(N)c1. The average molecular weight is 269 g/mol. The lowest BCUT2D eigenvalue weighted by Gasteiger charge is -2.10. The van der Waals surface area contributed by atoms with E-state index in [0.717, 1.165) is 6.07 Å². The molecule has 0 aliphatic heterocycles. The quantitative estimate of drug-likeness (QED) is 0.823. The van der Waals surface area contributed by atoms with Crippen molar-refractivity contribution in [3.8, 4) is 6.07 Å². The number of carbonyl (C=O) groups is 1. The van der Waals surface area contributed by atoms with Crippen LogP contribution in [-0.4, -0.2) is 5.91 Å². The predicted molar refractivity (Wildman–Crippen MR) is 74.7 cm³/mol. The minimum absolute atomic E-state index is 0.149. The smallest absolute Gasteiger partial charge is 0.255 e. The van der Waals surface area contributed by atoms with E-state index in [4.69, 9.17) is 11.0 Å². The van der Waals surface area contributed by atoms with Crippen LogP contribution in [0.15, 0.2) is 36.4 Å². The number of hydrogen-bond acceptors (Lipinski definition) is 3. The molecule has 0 fully saturated rings. The summed E-state index contributed by atoms with van der Waals surface area (Å²) in [5.74, 6) is -0.943. The van der Waals surface area contributed by atoms with Crippen LogP contribution in [0.25, 0.3) is 0 Å². The molecule has 0 spiro atoms. The molecule has 0 bridgehead atoms. The number of carbonyl (C=O) groups excluding carboxylic acids is 1. The molecule has 2 aromatic carbocycles. The second-order valence-electron chi connectivity index (χ2n) is 4.32. The Balaban J connectivity index is 2.33. The number of nitrogen functional groups attached to an aromatic ring is 1. The van der Waals surface area contributed by atoms with Crippen molar-refractivity contribution < 1.29 is 9.18 Å². The van der Waals surface area contributed by atoms with Gasteiger partial charge in [-0.2, -0.15) is 5.26 Å². The van der Waals surface area contributed by atoms with E-state index >= 15 is 0 Å². The Bertz CT molecular complexity index is 720. The number of benzene rings is 2. The summed E-state index contributed by atoms with van der Waals surface area (Å²) >= 11 is 0. The first-order valence-corrected chi connectivity index (χ1v) is 5.88. The summed E-state index contributed by atoms with van der Waals surface area (Å²) in [6.07, 6.45) is 0. The van der Waals surface area contributed by atoms with Gasteiger partial charge in [0, 0.05) is 22.5 Å². The van der Waals surface area contributed by atoms with E-state index < -0.39 is 11.7 Å². The van der Waals surface area contributed by atoms with Crippen LogP contribution in [0.1, 0.15) is 21.5 Å². The van der Waals surface area contributed by atoms with E-state index in [0.29, 0.717) is 11.3 Å². The van der Waals surface area contributed by atoms with E-state index in [-0.39, 0.29) is 16.8 Å². The van der Waals surface area contributed by atoms with Crippen LogP contribution >= 0.6 is 0 Å². The van der Waals surface area contributed by atoms with Crippen LogP contribution in [0.3, 0.4) is 0 Å². The van der Waals surface area contributed by atoms with Gasteiger partial charge in [0.1, 0.15) is 5.82 Å². The highest BCUT2D eigenvalue weighted by Crippen LogP contribution is 2.21. The third kappa shape index (κ3) is 2.75. The Hall–Kier alpha value is -2.87. The molecule has 3 N–H and O–H groups in total. The van der Waals surface area contributed by atoms with E-state index in [1.807, 2.05) is 6.07 Å². The van der Waals surface area contributed by atoms with Gasteiger partial charge >= 0.3 is 0 Å². The Kier molecular flexibility index (Phi) is 3.67. The molecule has 0 aliphatic carbocycles. The first-order chi connectivity index (χ1) is 9.51. The van der Waals surface area contributed by atoms with Crippen LogP contribution < -0.4 is 11.1 Å². The molecule has 2 rings (SSSR count). The second kappa shape index (κ2) is 5.41. The summed E-state index contributed by atoms with van der Waals surface area (Å²) in [6, 6.07) is 10.9. The van der Waals surface area contributed by atoms with Crippen LogP contribution in [0.4, 0.5) is 15.8 Å². The van der Waals surface area contributed by atoms with Crippen LogP contribution in [0, 0.1) is 24.1 Å². The molecule has 0 unspecified atom stereocenters. The summed E-state index contributed by atoms with van der Waals surface area (Å²) in [6.45, 7) is 1.53. The third-order valence-electron chi connectivity index (χ3n) is 2.87. The predicted octanol–water partition coefficient (Wildman–Crippen LogP) is 2.84. The lowest BCUT2D eigenvalue weighted by atomic mass is 10.1. The summed E-state index contributed by atoms with van der Waals surface area (Å²) < 4.78 is 13.6. The second-order valence-corrected chi connectivity index (χ2v) is 4.32. The van der Waals surface area contributed by atoms with Gasteiger partial charge in [0.15, 0.2) is 0 Å². The van der Waals surface area contributed by atoms with Gasteiger partial charge in [-0.1, -0.05) is 6.07 Å². The molecule has 100 valence electrons. The van der Waals surface area contributed by atoms with E-state index in [9.17, 15) is 9.18 Å². The van der Waals surface area contributed by atoms with Gasteiger partial charge in [-0.3, -0.25) is 4.79 Å². The molecular formula is C15H12FN3O. The van der Waals surface area contributed by atoms with E-state index in [1.54, 1.807) is 18.2 Å². The van der Waals surface area contributed by atoms with E-state index in [2.05, 4.69) is 5.32 Å². The standard InChI is InChI=1S/C15H12FN3O/c1-9-13(16)5-10(8-17)6-14(9)19-15(20)11-3-2-4-12(18)7-11/h2-7H,18H2,1H3,(H,19,20). The van der Waals surface area contributed by atoms with Gasteiger partial charge in [0.2, 0.25) is 0 Å². The minimum Gasteiger partial charge on any atom is -0.399 e. The zero-order valence-corrected chi connectivity index (χ0v) is 10.8. The molecule has 0 radical (unpaired) electrons.